The molecule has 0 unspecified atom stereocenters. The van der Waals surface area contributed by atoms with E-state index in [1.165, 1.54) is 0 Å². The molecule has 0 fully saturated rings. The first-order chi connectivity index (χ1) is 16.4. The molecule has 0 saturated carbocycles. The summed E-state index contributed by atoms with van der Waals surface area (Å²) in [5, 5.41) is 18.9. The van der Waals surface area contributed by atoms with E-state index >= 15 is 0 Å². The molecule has 0 aliphatic carbocycles. The van der Waals surface area contributed by atoms with E-state index in [-0.39, 0.29) is 22.2 Å². The fraction of sp³-hybridized carbons (Fsp3) is 0.640. The average molecular weight is 500 g/mol. The van der Waals surface area contributed by atoms with Gasteiger partial charge >= 0.3 is 0 Å². The highest BCUT2D eigenvalue weighted by atomic mass is 15.5. The molecule has 11 heteroatoms. The highest BCUT2D eigenvalue weighted by Gasteiger charge is 2.13. The summed E-state index contributed by atoms with van der Waals surface area (Å²) in [6.07, 6.45) is 14.3. The monoisotopic (exact) mass is 499 g/mol. The minimum Gasteiger partial charge on any atom is -0.332 e. The summed E-state index contributed by atoms with van der Waals surface area (Å²) in [4.78, 5) is 7.79. The lowest BCUT2D eigenvalue weighted by Gasteiger charge is -2.19. The maximum Gasteiger partial charge on any atom is 0.138 e. The number of aromatic nitrogens is 11. The van der Waals surface area contributed by atoms with Crippen molar-refractivity contribution in [1.29, 1.82) is 0 Å². The van der Waals surface area contributed by atoms with Gasteiger partial charge in [-0.15, -0.1) is 5.10 Å². The third-order valence-corrected chi connectivity index (χ3v) is 4.61. The third kappa shape index (κ3) is 11.4. The van der Waals surface area contributed by atoms with Crippen LogP contribution < -0.4 is 0 Å². The maximum atomic E-state index is 4.10. The molecule has 11 nitrogen and oxygen atoms in total. The molecular formula is C25H45N11. The number of hydrogen-bond acceptors (Lipinski definition) is 7. The van der Waals surface area contributed by atoms with Crippen molar-refractivity contribution in [2.45, 2.75) is 105 Å². The summed E-state index contributed by atoms with van der Waals surface area (Å²) in [7, 11) is 0. The van der Waals surface area contributed by atoms with Crippen LogP contribution in [0, 0.1) is 0 Å². The first-order valence-corrected chi connectivity index (χ1v) is 12.0. The molecule has 0 atom stereocenters. The first kappa shape index (κ1) is 30.7. The molecule has 200 valence electrons. The topological polar surface area (TPSA) is 110 Å². The van der Waals surface area contributed by atoms with Crippen molar-refractivity contribution in [3.05, 3.63) is 56.2 Å². The van der Waals surface area contributed by atoms with Gasteiger partial charge in [0.05, 0.1) is 22.9 Å². The van der Waals surface area contributed by atoms with E-state index < -0.39 is 0 Å². The van der Waals surface area contributed by atoms with Crippen molar-refractivity contribution in [3.8, 4) is 0 Å². The van der Waals surface area contributed by atoms with Gasteiger partial charge in [0.25, 0.3) is 0 Å². The van der Waals surface area contributed by atoms with Gasteiger partial charge in [0, 0.05) is 30.3 Å². The summed E-state index contributed by atoms with van der Waals surface area (Å²) in [5.74, 6) is 0. The third-order valence-electron chi connectivity index (χ3n) is 4.61. The molecule has 0 aliphatic heterocycles. The van der Waals surface area contributed by atoms with Crippen molar-refractivity contribution < 1.29 is 0 Å². The van der Waals surface area contributed by atoms with E-state index in [0.717, 1.165) is 0 Å². The lowest BCUT2D eigenvalue weighted by Crippen LogP contribution is -2.22. The van der Waals surface area contributed by atoms with Crippen LogP contribution in [0.25, 0.3) is 0 Å². The van der Waals surface area contributed by atoms with Crippen LogP contribution in [-0.2, 0) is 22.2 Å². The standard InChI is InChI=1S/2C7H12N2.C6H11N3.C5H10N4/c1-7(2,3)9-5-4-8-6-9;1-7(2,3)9-6-4-5-8-9;1-6(2,3)9-5-7-4-8-9;1-5(2,3)9-4-6-7-8-9/h2*4-6H,1-3H3;4-5H,1-3H3;4H,1-3H3. The molecule has 36 heavy (non-hydrogen) atoms. The van der Waals surface area contributed by atoms with E-state index in [9.17, 15) is 0 Å². The van der Waals surface area contributed by atoms with Crippen molar-refractivity contribution in [2.75, 3.05) is 0 Å². The van der Waals surface area contributed by atoms with Crippen LogP contribution in [0.4, 0.5) is 0 Å². The van der Waals surface area contributed by atoms with Crippen LogP contribution in [0.2, 0.25) is 0 Å². The lowest BCUT2D eigenvalue weighted by molar-refractivity contribution is 0.346. The zero-order chi connectivity index (χ0) is 27.6. The Morgan fingerprint density at radius 1 is 0.528 bits per heavy atom. The van der Waals surface area contributed by atoms with Gasteiger partial charge in [-0.1, -0.05) is 0 Å². The number of nitrogens with zero attached hydrogens (tertiary/aromatic N) is 11. The number of tetrazole rings is 1. The summed E-state index contributed by atoms with van der Waals surface area (Å²) < 4.78 is 7.56. The first-order valence-electron chi connectivity index (χ1n) is 12.0. The van der Waals surface area contributed by atoms with Gasteiger partial charge in [-0.05, 0) is 99.6 Å². The van der Waals surface area contributed by atoms with Crippen LogP contribution in [0.15, 0.2) is 56.2 Å². The SMILES string of the molecule is CC(C)(C)n1cccn1.CC(C)(C)n1ccnc1.CC(C)(C)n1cncn1.CC(C)(C)n1cnnn1. The van der Waals surface area contributed by atoms with Gasteiger partial charge in [-0.25, -0.2) is 19.3 Å². The minimum absolute atomic E-state index is 0.00347. The van der Waals surface area contributed by atoms with Gasteiger partial charge in [0.15, 0.2) is 0 Å². The van der Waals surface area contributed by atoms with Gasteiger partial charge < -0.3 is 4.57 Å². The molecule has 4 aromatic heterocycles. The molecule has 0 amide bonds. The van der Waals surface area contributed by atoms with Crippen LogP contribution in [0.1, 0.15) is 83.1 Å². The summed E-state index contributed by atoms with van der Waals surface area (Å²) >= 11 is 0. The van der Waals surface area contributed by atoms with Crippen LogP contribution in [-0.4, -0.2) is 54.3 Å². The molecule has 4 rings (SSSR count). The van der Waals surface area contributed by atoms with Crippen LogP contribution in [0.3, 0.4) is 0 Å². The fourth-order valence-electron chi connectivity index (χ4n) is 2.34. The van der Waals surface area contributed by atoms with E-state index in [1.54, 1.807) is 36.1 Å². The van der Waals surface area contributed by atoms with Gasteiger partial charge in [0.2, 0.25) is 0 Å². The molecular weight excluding hydrogens is 454 g/mol. The highest BCUT2D eigenvalue weighted by molar-refractivity contribution is 4.84. The van der Waals surface area contributed by atoms with Crippen molar-refractivity contribution in [1.82, 2.24) is 54.3 Å². The van der Waals surface area contributed by atoms with E-state index in [0.29, 0.717) is 0 Å². The number of imidazole rings is 1. The van der Waals surface area contributed by atoms with Crippen LogP contribution in [0.5, 0.6) is 0 Å². The van der Waals surface area contributed by atoms with E-state index in [1.807, 2.05) is 54.9 Å². The van der Waals surface area contributed by atoms with Gasteiger partial charge in [-0.3, -0.25) is 4.68 Å². The molecule has 0 N–H and O–H groups in total. The molecule has 0 aliphatic rings. The van der Waals surface area contributed by atoms with Gasteiger partial charge in [-0.2, -0.15) is 10.2 Å². The Morgan fingerprint density at radius 3 is 1.36 bits per heavy atom. The smallest absolute Gasteiger partial charge is 0.138 e. The van der Waals surface area contributed by atoms with E-state index in [2.05, 4.69) is 103 Å². The second-order valence-electron chi connectivity index (χ2n) is 12.2. The maximum absolute atomic E-state index is 4.10. The Kier molecular flexibility index (Phi) is 10.7. The highest BCUT2D eigenvalue weighted by Crippen LogP contribution is 2.12. The molecule has 4 heterocycles. The average Bonchev–Trinajstić information content (AvgIpc) is 3.57. The fourth-order valence-corrected chi connectivity index (χ4v) is 2.34. The van der Waals surface area contributed by atoms with Crippen LogP contribution >= 0.6 is 0 Å². The predicted octanol–water partition coefficient (Wildman–Crippen LogP) is 4.74. The molecule has 0 radical (unpaired) electrons. The summed E-state index contributed by atoms with van der Waals surface area (Å²) in [6, 6.07) is 1.94. The Balaban J connectivity index is 0.000000240. The largest absolute Gasteiger partial charge is 0.332 e. The second kappa shape index (κ2) is 12.5. The lowest BCUT2D eigenvalue weighted by atomic mass is 10.1. The quantitative estimate of drug-likeness (QED) is 0.344. The van der Waals surface area contributed by atoms with Gasteiger partial charge in [0.1, 0.15) is 19.0 Å². The number of hydrogen-bond donors (Lipinski definition) is 0. The minimum atomic E-state index is 0.00347. The molecule has 0 spiro atoms. The Labute approximate surface area is 216 Å². The van der Waals surface area contributed by atoms with E-state index in [4.69, 9.17) is 0 Å². The molecule has 0 bridgehead atoms. The van der Waals surface area contributed by atoms with Crippen molar-refractivity contribution >= 4 is 0 Å². The molecule has 4 aromatic rings. The zero-order valence-electron chi connectivity index (χ0n) is 24.1. The number of rotatable bonds is 0. The Bertz CT molecular complexity index is 859. The van der Waals surface area contributed by atoms with Crippen molar-refractivity contribution in [2.24, 2.45) is 0 Å². The Morgan fingerprint density at radius 2 is 1.14 bits per heavy atom. The summed E-state index contributed by atoms with van der Waals surface area (Å²) in [6.45, 7) is 25.2. The molecule has 0 saturated heterocycles. The second-order valence-corrected chi connectivity index (χ2v) is 12.2. The Hall–Kier alpha value is -3.37. The zero-order valence-corrected chi connectivity index (χ0v) is 24.1. The summed E-state index contributed by atoms with van der Waals surface area (Å²) in [5.41, 5.74) is 0.375. The normalized spacial score (nSPS) is 11.9. The molecule has 0 aromatic carbocycles. The predicted molar refractivity (Wildman–Crippen MR) is 142 cm³/mol. The van der Waals surface area contributed by atoms with Crippen molar-refractivity contribution in [3.63, 3.8) is 0 Å².